The summed E-state index contributed by atoms with van der Waals surface area (Å²) >= 11 is 0. The number of ketones is 1. The van der Waals surface area contributed by atoms with Gasteiger partial charge in [-0.3, -0.25) is 4.79 Å². The Hall–Kier alpha value is -0.330. The average molecular weight is 181 g/mol. The molecule has 0 unspecified atom stereocenters. The normalized spacial score (nSPS) is 35.0. The van der Waals surface area contributed by atoms with E-state index in [4.69, 9.17) is 0 Å². The molecule has 1 saturated carbocycles. The zero-order valence-corrected chi connectivity index (χ0v) is 9.05. The summed E-state index contributed by atoms with van der Waals surface area (Å²) in [6.07, 6.45) is 3.56. The third-order valence-electron chi connectivity index (χ3n) is 3.44. The fourth-order valence-electron chi connectivity index (χ4n) is 2.57. The lowest BCUT2D eigenvalue weighted by Crippen LogP contribution is -2.32. The minimum absolute atomic E-state index is 0.158. The van der Waals surface area contributed by atoms with Crippen LogP contribution in [0.1, 0.15) is 40.0 Å². The van der Waals surface area contributed by atoms with Gasteiger partial charge in [0.25, 0.3) is 0 Å². The van der Waals surface area contributed by atoms with Crippen molar-refractivity contribution in [2.45, 2.75) is 40.0 Å². The summed E-state index contributed by atoms with van der Waals surface area (Å²) in [7, 11) is 0. The summed E-state index contributed by atoms with van der Waals surface area (Å²) in [6, 6.07) is 0. The van der Waals surface area contributed by atoms with E-state index in [1.807, 2.05) is 0 Å². The Kier molecular flexibility index (Phi) is 3.52. The molecule has 1 aliphatic carbocycles. The van der Waals surface area contributed by atoms with Gasteiger partial charge in [0.05, 0.1) is 0 Å². The Morgan fingerprint density at radius 3 is 2.46 bits per heavy atom. The first-order chi connectivity index (χ1) is 6.02. The molecule has 0 aromatic heterocycles. The molecule has 0 heterocycles. The molecule has 13 heavy (non-hydrogen) atoms. The second-order valence-electron chi connectivity index (χ2n) is 4.90. The zero-order chi connectivity index (χ0) is 10.0. The SMILES string of the molecule is [CH2]C(=O)[C@@H]1C[C@H](C)CC[C@H]1C(C)C. The molecule has 0 spiro atoms. The van der Waals surface area contributed by atoms with E-state index in [0.29, 0.717) is 17.8 Å². The lowest BCUT2D eigenvalue weighted by molar-refractivity contribution is -0.122. The largest absolute Gasteiger partial charge is 0.299 e. The first-order valence-corrected chi connectivity index (χ1v) is 5.38. The summed E-state index contributed by atoms with van der Waals surface area (Å²) in [5.41, 5.74) is 0. The number of carbonyl (C=O) groups is 1. The fraction of sp³-hybridized carbons (Fsp3) is 0.833. The van der Waals surface area contributed by atoms with E-state index in [0.717, 1.165) is 6.42 Å². The lowest BCUT2D eigenvalue weighted by atomic mass is 9.69. The van der Waals surface area contributed by atoms with Gasteiger partial charge in [0.2, 0.25) is 0 Å². The molecule has 0 saturated heterocycles. The van der Waals surface area contributed by atoms with Crippen LogP contribution in [0.15, 0.2) is 0 Å². The zero-order valence-electron chi connectivity index (χ0n) is 9.05. The van der Waals surface area contributed by atoms with Gasteiger partial charge >= 0.3 is 0 Å². The Labute approximate surface area is 81.9 Å². The molecule has 75 valence electrons. The third kappa shape index (κ3) is 2.55. The molecule has 1 heteroatoms. The molecule has 0 aliphatic heterocycles. The topological polar surface area (TPSA) is 17.1 Å². The number of Topliss-reactive ketones (excluding diaryl/α,β-unsaturated/α-hetero) is 1. The van der Waals surface area contributed by atoms with E-state index in [-0.39, 0.29) is 11.7 Å². The van der Waals surface area contributed by atoms with Crippen LogP contribution in [0.2, 0.25) is 0 Å². The monoisotopic (exact) mass is 181 g/mol. The van der Waals surface area contributed by atoms with Gasteiger partial charge in [0.1, 0.15) is 5.78 Å². The number of rotatable bonds is 2. The van der Waals surface area contributed by atoms with Gasteiger partial charge in [0.15, 0.2) is 0 Å². The molecule has 1 fully saturated rings. The molecule has 1 nitrogen and oxygen atoms in total. The third-order valence-corrected chi connectivity index (χ3v) is 3.44. The highest BCUT2D eigenvalue weighted by Gasteiger charge is 2.33. The average Bonchev–Trinajstić information content (AvgIpc) is 2.03. The van der Waals surface area contributed by atoms with Crippen LogP contribution in [-0.4, -0.2) is 5.78 Å². The molecule has 1 aliphatic rings. The molecule has 0 bridgehead atoms. The Balaban J connectivity index is 2.66. The maximum atomic E-state index is 11.3. The highest BCUT2D eigenvalue weighted by molar-refractivity contribution is 5.85. The van der Waals surface area contributed by atoms with E-state index < -0.39 is 0 Å². The van der Waals surface area contributed by atoms with Crippen LogP contribution in [0.5, 0.6) is 0 Å². The van der Waals surface area contributed by atoms with E-state index in [9.17, 15) is 4.79 Å². The van der Waals surface area contributed by atoms with Crippen molar-refractivity contribution >= 4 is 5.78 Å². The molecular weight excluding hydrogens is 160 g/mol. The minimum Gasteiger partial charge on any atom is -0.299 e. The van der Waals surface area contributed by atoms with Gasteiger partial charge in [-0.05, 0) is 30.6 Å². The standard InChI is InChI=1S/C12H21O/c1-8(2)11-6-5-9(3)7-12(11)10(4)13/h8-9,11-12H,4-7H2,1-3H3/t9-,11+,12+/m1/s1. The van der Waals surface area contributed by atoms with Gasteiger partial charge in [-0.15, -0.1) is 0 Å². The number of hydrogen-bond acceptors (Lipinski definition) is 1. The summed E-state index contributed by atoms with van der Waals surface area (Å²) < 4.78 is 0. The van der Waals surface area contributed by atoms with E-state index in [2.05, 4.69) is 27.7 Å². The Bertz CT molecular complexity index is 184. The highest BCUT2D eigenvalue weighted by atomic mass is 16.1. The van der Waals surface area contributed by atoms with Crippen molar-refractivity contribution in [3.8, 4) is 0 Å². The van der Waals surface area contributed by atoms with Crippen LogP contribution in [0.25, 0.3) is 0 Å². The van der Waals surface area contributed by atoms with Crippen molar-refractivity contribution in [3.05, 3.63) is 6.92 Å². The van der Waals surface area contributed by atoms with Crippen molar-refractivity contribution in [2.75, 3.05) is 0 Å². The number of carbonyl (C=O) groups excluding carboxylic acids is 1. The van der Waals surface area contributed by atoms with Gasteiger partial charge < -0.3 is 0 Å². The van der Waals surface area contributed by atoms with E-state index >= 15 is 0 Å². The van der Waals surface area contributed by atoms with Gasteiger partial charge in [-0.2, -0.15) is 0 Å². The first kappa shape index (κ1) is 10.7. The van der Waals surface area contributed by atoms with Crippen LogP contribution in [0, 0.1) is 30.6 Å². The number of hydrogen-bond donors (Lipinski definition) is 0. The maximum absolute atomic E-state index is 11.3. The quantitative estimate of drug-likeness (QED) is 0.639. The molecular formula is C12H21O. The second kappa shape index (κ2) is 4.26. The fourth-order valence-corrected chi connectivity index (χ4v) is 2.57. The smallest absolute Gasteiger partial charge is 0.136 e. The molecule has 0 aromatic carbocycles. The summed E-state index contributed by atoms with van der Waals surface area (Å²) in [5.74, 6) is 2.32. The van der Waals surface area contributed by atoms with Crippen LogP contribution in [-0.2, 0) is 4.79 Å². The molecule has 1 radical (unpaired) electrons. The van der Waals surface area contributed by atoms with Crippen molar-refractivity contribution in [3.63, 3.8) is 0 Å². The maximum Gasteiger partial charge on any atom is 0.136 e. The van der Waals surface area contributed by atoms with E-state index in [1.54, 1.807) is 0 Å². The summed E-state index contributed by atoms with van der Waals surface area (Å²) in [4.78, 5) is 11.3. The molecule has 0 N–H and O–H groups in total. The highest BCUT2D eigenvalue weighted by Crippen LogP contribution is 2.38. The van der Waals surface area contributed by atoms with E-state index in [1.165, 1.54) is 12.8 Å². The van der Waals surface area contributed by atoms with Crippen molar-refractivity contribution in [1.82, 2.24) is 0 Å². The van der Waals surface area contributed by atoms with Crippen molar-refractivity contribution < 1.29 is 4.79 Å². The molecule has 3 atom stereocenters. The molecule has 0 aromatic rings. The Morgan fingerprint density at radius 2 is 2.00 bits per heavy atom. The van der Waals surface area contributed by atoms with Gasteiger partial charge in [-0.25, -0.2) is 0 Å². The molecule has 1 rings (SSSR count). The summed E-state index contributed by atoms with van der Waals surface area (Å²) in [5, 5.41) is 0. The van der Waals surface area contributed by atoms with Crippen LogP contribution >= 0.6 is 0 Å². The second-order valence-corrected chi connectivity index (χ2v) is 4.90. The van der Waals surface area contributed by atoms with Crippen LogP contribution in [0.3, 0.4) is 0 Å². The minimum atomic E-state index is 0.158. The lowest BCUT2D eigenvalue weighted by Gasteiger charge is -2.35. The first-order valence-electron chi connectivity index (χ1n) is 5.38. The predicted octanol–water partition coefficient (Wildman–Crippen LogP) is 3.10. The van der Waals surface area contributed by atoms with Crippen molar-refractivity contribution in [2.24, 2.45) is 23.7 Å². The van der Waals surface area contributed by atoms with Gasteiger partial charge in [-0.1, -0.05) is 27.2 Å². The van der Waals surface area contributed by atoms with Crippen LogP contribution in [0.4, 0.5) is 0 Å². The van der Waals surface area contributed by atoms with Crippen molar-refractivity contribution in [1.29, 1.82) is 0 Å². The molecule has 0 amide bonds. The summed E-state index contributed by atoms with van der Waals surface area (Å²) in [6.45, 7) is 10.3. The van der Waals surface area contributed by atoms with Gasteiger partial charge in [0, 0.05) is 12.8 Å². The van der Waals surface area contributed by atoms with Crippen LogP contribution < -0.4 is 0 Å². The predicted molar refractivity (Wildman–Crippen MR) is 55.2 cm³/mol. The Morgan fingerprint density at radius 1 is 1.38 bits per heavy atom.